The molecule has 0 aliphatic carbocycles. The van der Waals surface area contributed by atoms with Crippen molar-refractivity contribution in [1.82, 2.24) is 10.3 Å². The largest absolute Gasteiger partial charge is 0.307 e. The zero-order valence-corrected chi connectivity index (χ0v) is 11.0. The standard InChI is InChI=1S/C13H11BrF2N2/c14-11-4-5-12(15)10(13(11)16)8-17-7-9-3-1-2-6-18-9/h1-6,17H,7-8H2. The Hall–Kier alpha value is -1.33. The first-order valence-electron chi connectivity index (χ1n) is 5.41. The van der Waals surface area contributed by atoms with Gasteiger partial charge in [0.1, 0.15) is 11.6 Å². The second-order valence-electron chi connectivity index (χ2n) is 3.75. The van der Waals surface area contributed by atoms with Gasteiger partial charge in [-0.05, 0) is 40.2 Å². The van der Waals surface area contributed by atoms with Crippen LogP contribution in [0.5, 0.6) is 0 Å². The summed E-state index contributed by atoms with van der Waals surface area (Å²) < 4.78 is 27.3. The lowest BCUT2D eigenvalue weighted by atomic mass is 10.2. The molecular formula is C13H11BrF2N2. The third-order valence-electron chi connectivity index (χ3n) is 2.47. The average Bonchev–Trinajstić information content (AvgIpc) is 2.39. The molecule has 0 aliphatic rings. The van der Waals surface area contributed by atoms with E-state index in [9.17, 15) is 8.78 Å². The third kappa shape index (κ3) is 3.11. The summed E-state index contributed by atoms with van der Waals surface area (Å²) >= 11 is 3.04. The van der Waals surface area contributed by atoms with Gasteiger partial charge in [0.25, 0.3) is 0 Å². The second kappa shape index (κ2) is 6.02. The molecule has 94 valence electrons. The van der Waals surface area contributed by atoms with Crippen LogP contribution in [0.25, 0.3) is 0 Å². The summed E-state index contributed by atoms with van der Waals surface area (Å²) in [6.45, 7) is 0.583. The molecule has 1 aromatic carbocycles. The molecule has 0 unspecified atom stereocenters. The zero-order chi connectivity index (χ0) is 13.0. The van der Waals surface area contributed by atoms with Crippen LogP contribution >= 0.6 is 15.9 Å². The van der Waals surface area contributed by atoms with Crippen molar-refractivity contribution in [3.63, 3.8) is 0 Å². The smallest absolute Gasteiger partial charge is 0.144 e. The van der Waals surface area contributed by atoms with Crippen molar-refractivity contribution in [2.24, 2.45) is 0 Å². The highest BCUT2D eigenvalue weighted by Gasteiger charge is 2.11. The van der Waals surface area contributed by atoms with Crippen LogP contribution in [0.15, 0.2) is 41.0 Å². The van der Waals surface area contributed by atoms with Crippen LogP contribution < -0.4 is 5.32 Å². The van der Waals surface area contributed by atoms with Gasteiger partial charge in [0.2, 0.25) is 0 Å². The Labute approximate surface area is 112 Å². The summed E-state index contributed by atoms with van der Waals surface area (Å²) in [5, 5.41) is 2.96. The van der Waals surface area contributed by atoms with Gasteiger partial charge in [-0.3, -0.25) is 4.98 Å². The molecule has 0 atom stereocenters. The number of nitrogens with one attached hydrogen (secondary N) is 1. The molecule has 2 nitrogen and oxygen atoms in total. The normalized spacial score (nSPS) is 10.6. The maximum Gasteiger partial charge on any atom is 0.144 e. The Kier molecular flexibility index (Phi) is 4.38. The van der Waals surface area contributed by atoms with E-state index in [0.717, 1.165) is 5.69 Å². The van der Waals surface area contributed by atoms with Gasteiger partial charge >= 0.3 is 0 Å². The molecule has 2 rings (SSSR count). The maximum absolute atomic E-state index is 13.6. The van der Waals surface area contributed by atoms with Crippen molar-refractivity contribution >= 4 is 15.9 Å². The van der Waals surface area contributed by atoms with Gasteiger partial charge in [0.15, 0.2) is 0 Å². The molecule has 5 heteroatoms. The van der Waals surface area contributed by atoms with Crippen molar-refractivity contribution in [2.45, 2.75) is 13.1 Å². The molecule has 2 aromatic rings. The highest BCUT2D eigenvalue weighted by atomic mass is 79.9. The van der Waals surface area contributed by atoms with Gasteiger partial charge < -0.3 is 5.32 Å². The maximum atomic E-state index is 13.6. The lowest BCUT2D eigenvalue weighted by Gasteiger charge is -2.08. The van der Waals surface area contributed by atoms with Crippen LogP contribution in [0.4, 0.5) is 8.78 Å². The number of pyridine rings is 1. The Morgan fingerprint density at radius 2 is 1.94 bits per heavy atom. The number of nitrogens with zero attached hydrogens (tertiary/aromatic N) is 1. The Morgan fingerprint density at radius 1 is 1.11 bits per heavy atom. The molecule has 1 N–H and O–H groups in total. The van der Waals surface area contributed by atoms with E-state index in [4.69, 9.17) is 0 Å². The predicted molar refractivity (Wildman–Crippen MR) is 68.8 cm³/mol. The van der Waals surface area contributed by atoms with Crippen molar-refractivity contribution in [3.05, 3.63) is 63.9 Å². The SMILES string of the molecule is Fc1ccc(Br)c(F)c1CNCc1ccccn1. The number of benzene rings is 1. The number of hydrogen-bond acceptors (Lipinski definition) is 2. The molecule has 0 bridgehead atoms. The van der Waals surface area contributed by atoms with E-state index in [0.29, 0.717) is 6.54 Å². The lowest BCUT2D eigenvalue weighted by molar-refractivity contribution is 0.530. The highest BCUT2D eigenvalue weighted by Crippen LogP contribution is 2.21. The molecule has 0 saturated carbocycles. The van der Waals surface area contributed by atoms with E-state index in [-0.39, 0.29) is 16.6 Å². The minimum atomic E-state index is -0.566. The van der Waals surface area contributed by atoms with Gasteiger partial charge in [0.05, 0.1) is 10.2 Å². The molecule has 0 amide bonds. The van der Waals surface area contributed by atoms with Crippen LogP contribution in [0.3, 0.4) is 0 Å². The molecular weight excluding hydrogens is 302 g/mol. The van der Waals surface area contributed by atoms with Crippen LogP contribution in [0.1, 0.15) is 11.3 Å². The van der Waals surface area contributed by atoms with Crippen LogP contribution in [0.2, 0.25) is 0 Å². The number of halogens is 3. The minimum Gasteiger partial charge on any atom is -0.307 e. The summed E-state index contributed by atoms with van der Waals surface area (Å²) in [7, 11) is 0. The first-order valence-corrected chi connectivity index (χ1v) is 6.21. The third-order valence-corrected chi connectivity index (χ3v) is 3.09. The highest BCUT2D eigenvalue weighted by molar-refractivity contribution is 9.10. The van der Waals surface area contributed by atoms with E-state index in [1.54, 1.807) is 6.20 Å². The fraction of sp³-hybridized carbons (Fsp3) is 0.154. The van der Waals surface area contributed by atoms with Gasteiger partial charge in [-0.2, -0.15) is 0 Å². The van der Waals surface area contributed by atoms with Crippen molar-refractivity contribution in [1.29, 1.82) is 0 Å². The predicted octanol–water partition coefficient (Wildman–Crippen LogP) is 3.41. The molecule has 0 spiro atoms. The lowest BCUT2D eigenvalue weighted by Crippen LogP contribution is -2.16. The van der Waals surface area contributed by atoms with E-state index >= 15 is 0 Å². The van der Waals surface area contributed by atoms with E-state index < -0.39 is 11.6 Å². The molecule has 0 aliphatic heterocycles. The Balaban J connectivity index is 2.01. The quantitative estimate of drug-likeness (QED) is 0.875. The summed E-state index contributed by atoms with van der Waals surface area (Å²) in [4.78, 5) is 4.11. The van der Waals surface area contributed by atoms with Crippen LogP contribution in [-0.4, -0.2) is 4.98 Å². The van der Waals surface area contributed by atoms with Gasteiger partial charge in [0, 0.05) is 24.8 Å². The zero-order valence-electron chi connectivity index (χ0n) is 9.46. The van der Waals surface area contributed by atoms with Crippen molar-refractivity contribution in [2.75, 3.05) is 0 Å². The van der Waals surface area contributed by atoms with E-state index in [2.05, 4.69) is 26.2 Å². The van der Waals surface area contributed by atoms with Gasteiger partial charge in [-0.1, -0.05) is 6.07 Å². The molecule has 0 fully saturated rings. The topological polar surface area (TPSA) is 24.9 Å². The molecule has 1 heterocycles. The molecule has 0 saturated heterocycles. The summed E-state index contributed by atoms with van der Waals surface area (Å²) in [6, 6.07) is 8.12. The average molecular weight is 313 g/mol. The molecule has 18 heavy (non-hydrogen) atoms. The Bertz CT molecular complexity index is 532. The fourth-order valence-corrected chi connectivity index (χ4v) is 1.92. The van der Waals surface area contributed by atoms with Crippen LogP contribution in [0, 0.1) is 11.6 Å². The van der Waals surface area contributed by atoms with Gasteiger partial charge in [-0.15, -0.1) is 0 Å². The number of aromatic nitrogens is 1. The summed E-state index contributed by atoms with van der Waals surface area (Å²) in [5.74, 6) is -1.12. The minimum absolute atomic E-state index is 0.0281. The first kappa shape index (κ1) is 13.1. The molecule has 0 radical (unpaired) electrons. The van der Waals surface area contributed by atoms with Crippen molar-refractivity contribution in [3.8, 4) is 0 Å². The monoisotopic (exact) mass is 312 g/mol. The summed E-state index contributed by atoms with van der Waals surface area (Å²) in [5.41, 5.74) is 0.855. The van der Waals surface area contributed by atoms with Gasteiger partial charge in [-0.25, -0.2) is 8.78 Å². The fourth-order valence-electron chi connectivity index (χ4n) is 1.55. The Morgan fingerprint density at radius 3 is 2.67 bits per heavy atom. The van der Waals surface area contributed by atoms with E-state index in [1.807, 2.05) is 18.2 Å². The first-order chi connectivity index (χ1) is 8.68. The molecule has 1 aromatic heterocycles. The number of rotatable bonds is 4. The summed E-state index contributed by atoms with van der Waals surface area (Å²) in [6.07, 6.45) is 1.68. The number of hydrogen-bond donors (Lipinski definition) is 1. The van der Waals surface area contributed by atoms with Crippen molar-refractivity contribution < 1.29 is 8.78 Å². The van der Waals surface area contributed by atoms with E-state index in [1.165, 1.54) is 12.1 Å². The second-order valence-corrected chi connectivity index (χ2v) is 4.60. The van der Waals surface area contributed by atoms with Crippen LogP contribution in [-0.2, 0) is 13.1 Å².